The average Bonchev–Trinajstić information content (AvgIpc) is 3.08. The fourth-order valence-electron chi connectivity index (χ4n) is 4.80. The van der Waals surface area contributed by atoms with E-state index in [9.17, 15) is 14.7 Å². The van der Waals surface area contributed by atoms with Gasteiger partial charge in [0.25, 0.3) is 0 Å². The lowest BCUT2D eigenvalue weighted by molar-refractivity contribution is 0.00524. The van der Waals surface area contributed by atoms with Gasteiger partial charge in [-0.3, -0.25) is 14.5 Å². The number of methoxy groups -OCH3 is 2. The van der Waals surface area contributed by atoms with Crippen molar-refractivity contribution in [3.8, 4) is 22.8 Å². The van der Waals surface area contributed by atoms with Gasteiger partial charge in [0.15, 0.2) is 16.9 Å². The summed E-state index contributed by atoms with van der Waals surface area (Å²) in [5.41, 5.74) is 1.28. The Hall–Kier alpha value is -3.00. The molecule has 1 saturated heterocycles. The van der Waals surface area contributed by atoms with Crippen LogP contribution in [0.4, 0.5) is 0 Å². The summed E-state index contributed by atoms with van der Waals surface area (Å²) in [5, 5.41) is 11.7. The van der Waals surface area contributed by atoms with Crippen molar-refractivity contribution in [2.45, 2.75) is 64.1 Å². The molecule has 2 aromatic rings. The number of carboxylic acid groups (broad SMARTS) is 1. The van der Waals surface area contributed by atoms with Crippen LogP contribution in [0.5, 0.6) is 11.5 Å². The quantitative estimate of drug-likeness (QED) is 0.674. The summed E-state index contributed by atoms with van der Waals surface area (Å²) in [4.78, 5) is 24.3. The predicted octanol–water partition coefficient (Wildman–Crippen LogP) is 3.98. The third kappa shape index (κ3) is 3.97. The first-order chi connectivity index (χ1) is 15.5. The summed E-state index contributed by atoms with van der Waals surface area (Å²) in [6, 6.07) is 5.33. The molecular formula is C25H32N2O6. The van der Waals surface area contributed by atoms with Crippen LogP contribution in [-0.4, -0.2) is 47.7 Å². The fourth-order valence-corrected chi connectivity index (χ4v) is 4.80. The number of benzene rings is 1. The normalized spacial score (nSPS) is 18.4. The Bertz CT molecular complexity index is 1150. The first-order valence-electron chi connectivity index (χ1n) is 11.2. The molecule has 2 aliphatic rings. The molecule has 0 bridgehead atoms. The molecule has 2 aliphatic heterocycles. The van der Waals surface area contributed by atoms with Crippen LogP contribution in [0.1, 0.15) is 68.9 Å². The molecule has 178 valence electrons. The lowest BCUT2D eigenvalue weighted by Crippen LogP contribution is -2.50. The zero-order valence-electron chi connectivity index (χ0n) is 20.1. The topological polar surface area (TPSA) is 90.2 Å². The minimum Gasteiger partial charge on any atom is -0.493 e. The number of aromatic carboxylic acids is 1. The second kappa shape index (κ2) is 8.09. The van der Waals surface area contributed by atoms with Crippen LogP contribution in [0.15, 0.2) is 29.2 Å². The molecule has 0 radical (unpaired) electrons. The highest BCUT2D eigenvalue weighted by Gasteiger charge is 2.45. The molecule has 1 atom stereocenters. The molecule has 1 N–H and O–H groups in total. The van der Waals surface area contributed by atoms with Crippen molar-refractivity contribution >= 4 is 5.97 Å². The summed E-state index contributed by atoms with van der Waals surface area (Å²) in [7, 11) is 3.27. The highest BCUT2D eigenvalue weighted by atomic mass is 16.5. The van der Waals surface area contributed by atoms with Crippen molar-refractivity contribution < 1.29 is 24.1 Å². The van der Waals surface area contributed by atoms with Crippen molar-refractivity contribution in [3.05, 3.63) is 45.7 Å². The fraction of sp³-hybridized carbons (Fsp3) is 0.520. The Morgan fingerprint density at radius 3 is 2.58 bits per heavy atom. The average molecular weight is 457 g/mol. The Kier molecular flexibility index (Phi) is 5.68. The van der Waals surface area contributed by atoms with E-state index in [1.807, 2.05) is 30.7 Å². The second-order valence-electron chi connectivity index (χ2n) is 9.95. The molecule has 3 heterocycles. The van der Waals surface area contributed by atoms with Gasteiger partial charge in [0.05, 0.1) is 36.6 Å². The van der Waals surface area contributed by atoms with Crippen molar-refractivity contribution in [3.63, 3.8) is 0 Å². The lowest BCUT2D eigenvalue weighted by Gasteiger charge is -2.44. The zero-order chi connectivity index (χ0) is 24.1. The molecule has 8 nitrogen and oxygen atoms in total. The van der Waals surface area contributed by atoms with Crippen molar-refractivity contribution in [1.82, 2.24) is 4.68 Å². The van der Waals surface area contributed by atoms with Gasteiger partial charge in [-0.2, -0.15) is 0 Å². The largest absolute Gasteiger partial charge is 0.493 e. The molecule has 33 heavy (non-hydrogen) atoms. The first-order valence-corrected chi connectivity index (χ1v) is 11.2. The third-order valence-electron chi connectivity index (χ3n) is 6.92. The second-order valence-corrected chi connectivity index (χ2v) is 9.95. The Balaban J connectivity index is 1.84. The molecule has 1 aromatic carbocycles. The zero-order valence-corrected chi connectivity index (χ0v) is 20.1. The number of carbonyl (C=O) groups is 1. The van der Waals surface area contributed by atoms with Crippen molar-refractivity contribution in [2.75, 3.05) is 25.8 Å². The molecule has 0 unspecified atom stereocenters. The number of carboxylic acids is 1. The van der Waals surface area contributed by atoms with Crippen molar-refractivity contribution in [2.24, 2.45) is 0 Å². The number of aromatic nitrogens is 1. The van der Waals surface area contributed by atoms with Gasteiger partial charge in [-0.1, -0.05) is 0 Å². The SMILES string of the molecule is COc1cc2c(cc1OCCC(C)(C)OC)[C@H]1CCC(C)(C)N1n1cc(C(=O)O)c(=O)cc1-2. The van der Waals surface area contributed by atoms with Crippen LogP contribution >= 0.6 is 0 Å². The van der Waals surface area contributed by atoms with Gasteiger partial charge < -0.3 is 19.3 Å². The van der Waals surface area contributed by atoms with Gasteiger partial charge in [-0.05, 0) is 58.2 Å². The Labute approximate surface area is 193 Å². The van der Waals surface area contributed by atoms with Gasteiger partial charge >= 0.3 is 5.97 Å². The Morgan fingerprint density at radius 2 is 1.94 bits per heavy atom. The van der Waals surface area contributed by atoms with E-state index in [1.165, 1.54) is 12.3 Å². The number of pyridine rings is 1. The summed E-state index contributed by atoms with van der Waals surface area (Å²) in [6.45, 7) is 8.76. The van der Waals surface area contributed by atoms with Crippen LogP contribution in [0.2, 0.25) is 0 Å². The van der Waals surface area contributed by atoms with Gasteiger partial charge in [0.2, 0.25) is 0 Å². The van der Waals surface area contributed by atoms with E-state index in [1.54, 1.807) is 14.2 Å². The summed E-state index contributed by atoms with van der Waals surface area (Å²) in [5.74, 6) is -0.0169. The maximum absolute atomic E-state index is 12.6. The summed E-state index contributed by atoms with van der Waals surface area (Å²) >= 11 is 0. The van der Waals surface area contributed by atoms with Crippen molar-refractivity contribution in [1.29, 1.82) is 0 Å². The van der Waals surface area contributed by atoms with E-state index in [-0.39, 0.29) is 22.7 Å². The maximum atomic E-state index is 12.6. The molecule has 1 fully saturated rings. The molecule has 0 saturated carbocycles. The molecule has 0 amide bonds. The number of nitrogens with zero attached hydrogens (tertiary/aromatic N) is 2. The van der Waals surface area contributed by atoms with Crippen LogP contribution < -0.4 is 19.9 Å². The molecule has 8 heteroatoms. The molecule has 4 rings (SSSR count). The number of hydrogen-bond donors (Lipinski definition) is 1. The van der Waals surface area contributed by atoms with Crippen LogP contribution in [-0.2, 0) is 4.74 Å². The highest BCUT2D eigenvalue weighted by Crippen LogP contribution is 2.50. The summed E-state index contributed by atoms with van der Waals surface area (Å²) in [6.07, 6.45) is 3.99. The number of ether oxygens (including phenoxy) is 3. The molecule has 0 spiro atoms. The van der Waals surface area contributed by atoms with E-state index < -0.39 is 11.4 Å². The molecular weight excluding hydrogens is 424 g/mol. The standard InChI is InChI=1S/C25H32N2O6/c1-24(2)8-7-18-15-12-22(33-10-9-25(3,4)32-6)21(31-5)11-16(15)19-13-20(28)17(23(29)30)14-26(19)27(18)24/h11-14,18H,7-10H2,1-6H3,(H,29,30)/t18-/m1/s1. The number of fused-ring (bicyclic) bond motifs is 6. The Morgan fingerprint density at radius 1 is 1.21 bits per heavy atom. The molecule has 1 aromatic heterocycles. The van der Waals surface area contributed by atoms with Gasteiger partial charge in [-0.25, -0.2) is 4.79 Å². The van der Waals surface area contributed by atoms with Crippen LogP contribution in [0.25, 0.3) is 11.3 Å². The van der Waals surface area contributed by atoms with E-state index in [2.05, 4.69) is 18.9 Å². The minimum absolute atomic E-state index is 0.0234. The van der Waals surface area contributed by atoms with E-state index in [0.717, 1.165) is 24.0 Å². The van der Waals surface area contributed by atoms with Crippen LogP contribution in [0.3, 0.4) is 0 Å². The number of rotatable bonds is 7. The molecule has 0 aliphatic carbocycles. The van der Waals surface area contributed by atoms with E-state index in [0.29, 0.717) is 30.2 Å². The smallest absolute Gasteiger partial charge is 0.341 e. The van der Waals surface area contributed by atoms with Gasteiger partial charge in [0.1, 0.15) is 5.56 Å². The number of hydrogen-bond acceptors (Lipinski definition) is 6. The lowest BCUT2D eigenvalue weighted by atomic mass is 9.93. The van der Waals surface area contributed by atoms with E-state index in [4.69, 9.17) is 14.2 Å². The predicted molar refractivity (Wildman–Crippen MR) is 125 cm³/mol. The summed E-state index contributed by atoms with van der Waals surface area (Å²) < 4.78 is 19.1. The first kappa shape index (κ1) is 23.2. The van der Waals surface area contributed by atoms with Crippen LogP contribution in [0, 0.1) is 0 Å². The minimum atomic E-state index is -1.23. The van der Waals surface area contributed by atoms with Gasteiger partial charge in [0, 0.05) is 31.4 Å². The van der Waals surface area contributed by atoms with Gasteiger partial charge in [-0.15, -0.1) is 0 Å². The third-order valence-corrected chi connectivity index (χ3v) is 6.92. The monoisotopic (exact) mass is 456 g/mol. The van der Waals surface area contributed by atoms with E-state index >= 15 is 0 Å². The maximum Gasteiger partial charge on any atom is 0.341 e. The highest BCUT2D eigenvalue weighted by molar-refractivity contribution is 5.88.